The van der Waals surface area contributed by atoms with E-state index >= 15 is 0 Å². The fraction of sp³-hybridized carbons (Fsp3) is 0.118. The molecule has 5 aromatic rings. The average molecular weight is 590 g/mol. The maximum absolute atomic E-state index is 13.5. The van der Waals surface area contributed by atoms with E-state index in [1.165, 1.54) is 16.2 Å². The molecule has 1 unspecified atom stereocenters. The van der Waals surface area contributed by atoms with E-state index < -0.39 is 17.7 Å². The van der Waals surface area contributed by atoms with Crippen LogP contribution in [0.1, 0.15) is 33.3 Å². The third-order valence-corrected chi connectivity index (χ3v) is 7.94. The summed E-state index contributed by atoms with van der Waals surface area (Å²) < 4.78 is 12.0. The first-order chi connectivity index (χ1) is 20.9. The minimum absolute atomic E-state index is 0.0525. The molecule has 1 aromatic heterocycles. The Kier molecular flexibility index (Phi) is 7.72. The van der Waals surface area contributed by atoms with Crippen LogP contribution in [0.4, 0.5) is 5.13 Å². The average Bonchev–Trinajstić information content (AvgIpc) is 3.57. The number of aryl methyl sites for hydroxylation is 2. The molecule has 1 atom stereocenters. The van der Waals surface area contributed by atoms with Gasteiger partial charge in [0.2, 0.25) is 5.13 Å². The Hall–Kier alpha value is -5.28. The number of amides is 1. The molecule has 8 nitrogen and oxygen atoms in total. The van der Waals surface area contributed by atoms with E-state index in [0.717, 1.165) is 11.1 Å². The third kappa shape index (κ3) is 5.75. The van der Waals surface area contributed by atoms with Gasteiger partial charge in [0, 0.05) is 5.56 Å². The van der Waals surface area contributed by atoms with Crippen LogP contribution in [0.15, 0.2) is 109 Å². The van der Waals surface area contributed by atoms with Crippen LogP contribution in [0.5, 0.6) is 17.2 Å². The molecule has 1 aliphatic heterocycles. The fourth-order valence-corrected chi connectivity index (χ4v) is 5.61. The van der Waals surface area contributed by atoms with Crippen molar-refractivity contribution in [2.45, 2.75) is 26.5 Å². The zero-order valence-corrected chi connectivity index (χ0v) is 24.2. The molecule has 1 aliphatic rings. The maximum atomic E-state index is 13.5. The third-order valence-electron chi connectivity index (χ3n) is 7.10. The Morgan fingerprint density at radius 3 is 2.28 bits per heavy atom. The monoisotopic (exact) mass is 589 g/mol. The van der Waals surface area contributed by atoms with Gasteiger partial charge in [0.25, 0.3) is 5.78 Å². The van der Waals surface area contributed by atoms with Crippen LogP contribution in [0.3, 0.4) is 0 Å². The van der Waals surface area contributed by atoms with E-state index in [1.54, 1.807) is 55.5 Å². The van der Waals surface area contributed by atoms with Gasteiger partial charge in [-0.05, 0) is 79.1 Å². The van der Waals surface area contributed by atoms with Gasteiger partial charge in [-0.2, -0.15) is 0 Å². The van der Waals surface area contributed by atoms with Gasteiger partial charge in [0.15, 0.2) is 0 Å². The summed E-state index contributed by atoms with van der Waals surface area (Å²) in [5.41, 5.74) is 3.09. The van der Waals surface area contributed by atoms with Gasteiger partial charge in [-0.25, -0.2) is 0 Å². The molecule has 1 fully saturated rings. The number of Topliss-reactive ketones (excluding diaryl/α,β-unsaturated/α-hetero) is 1. The van der Waals surface area contributed by atoms with Crippen molar-refractivity contribution in [1.29, 1.82) is 0 Å². The van der Waals surface area contributed by atoms with E-state index in [1.807, 2.05) is 61.5 Å². The summed E-state index contributed by atoms with van der Waals surface area (Å²) in [5.74, 6) is -0.158. The molecule has 6 rings (SSSR count). The van der Waals surface area contributed by atoms with Gasteiger partial charge in [-0.3, -0.25) is 14.5 Å². The number of carbonyl (C=O) groups is 2. The highest BCUT2D eigenvalue weighted by Crippen LogP contribution is 2.44. The fourth-order valence-electron chi connectivity index (χ4n) is 4.90. The zero-order valence-electron chi connectivity index (χ0n) is 23.4. The zero-order chi connectivity index (χ0) is 29.9. The van der Waals surface area contributed by atoms with Crippen molar-refractivity contribution in [2.75, 3.05) is 4.90 Å². The van der Waals surface area contributed by atoms with Gasteiger partial charge >= 0.3 is 5.91 Å². The molecule has 9 heteroatoms. The SMILES string of the molecule is Cc1nnc(N2C(=O)C(=O)C(=C(O)c3ccc(OCc4ccccc4C)cc3)C2c2cccc(Oc3ccccc3)c2)s1. The van der Waals surface area contributed by atoms with Crippen molar-refractivity contribution in [3.63, 3.8) is 0 Å². The van der Waals surface area contributed by atoms with E-state index in [-0.39, 0.29) is 16.5 Å². The molecule has 1 amide bonds. The molecule has 214 valence electrons. The van der Waals surface area contributed by atoms with Crippen LogP contribution < -0.4 is 14.4 Å². The molecule has 1 N–H and O–H groups in total. The summed E-state index contributed by atoms with van der Waals surface area (Å²) in [6.07, 6.45) is 0. The lowest BCUT2D eigenvalue weighted by Crippen LogP contribution is -2.29. The Bertz CT molecular complexity index is 1830. The Morgan fingerprint density at radius 1 is 0.837 bits per heavy atom. The summed E-state index contributed by atoms with van der Waals surface area (Å²) in [5, 5.41) is 20.6. The molecule has 0 bridgehead atoms. The van der Waals surface area contributed by atoms with Crippen LogP contribution in [-0.2, 0) is 16.2 Å². The molecule has 1 saturated heterocycles. The number of hydrogen-bond acceptors (Lipinski definition) is 8. The lowest BCUT2D eigenvalue weighted by atomic mass is 9.95. The highest BCUT2D eigenvalue weighted by atomic mass is 32.1. The summed E-state index contributed by atoms with van der Waals surface area (Å²) in [4.78, 5) is 28.3. The van der Waals surface area contributed by atoms with Gasteiger partial charge in [0.05, 0.1) is 11.6 Å². The molecule has 0 radical (unpaired) electrons. The smallest absolute Gasteiger partial charge is 0.301 e. The van der Waals surface area contributed by atoms with E-state index in [0.29, 0.717) is 40.0 Å². The number of ether oxygens (including phenoxy) is 2. The van der Waals surface area contributed by atoms with Crippen molar-refractivity contribution < 1.29 is 24.2 Å². The van der Waals surface area contributed by atoms with Crippen LogP contribution in [0.2, 0.25) is 0 Å². The largest absolute Gasteiger partial charge is 0.507 e. The number of para-hydroxylation sites is 1. The maximum Gasteiger partial charge on any atom is 0.301 e. The van der Waals surface area contributed by atoms with Crippen LogP contribution in [-0.4, -0.2) is 27.0 Å². The first-order valence-corrected chi connectivity index (χ1v) is 14.4. The molecular weight excluding hydrogens is 562 g/mol. The lowest BCUT2D eigenvalue weighted by Gasteiger charge is -2.23. The number of aliphatic hydroxyl groups is 1. The summed E-state index contributed by atoms with van der Waals surface area (Å²) in [6, 6.07) is 30.2. The molecule has 0 saturated carbocycles. The van der Waals surface area contributed by atoms with Gasteiger partial charge in [-0.15, -0.1) is 10.2 Å². The Labute approximate surface area is 252 Å². The summed E-state index contributed by atoms with van der Waals surface area (Å²) >= 11 is 1.19. The number of benzene rings is 4. The number of carbonyl (C=O) groups excluding carboxylic acids is 2. The van der Waals surface area contributed by atoms with Crippen LogP contribution >= 0.6 is 11.3 Å². The van der Waals surface area contributed by atoms with Crippen molar-refractivity contribution >= 4 is 33.9 Å². The number of nitrogens with zero attached hydrogens (tertiary/aromatic N) is 3. The topological polar surface area (TPSA) is 102 Å². The highest BCUT2D eigenvalue weighted by Gasteiger charge is 2.48. The van der Waals surface area contributed by atoms with Gasteiger partial charge < -0.3 is 14.6 Å². The van der Waals surface area contributed by atoms with E-state index in [2.05, 4.69) is 10.2 Å². The Morgan fingerprint density at radius 2 is 1.56 bits per heavy atom. The second kappa shape index (κ2) is 11.9. The predicted molar refractivity (Wildman–Crippen MR) is 164 cm³/mol. The minimum Gasteiger partial charge on any atom is -0.507 e. The minimum atomic E-state index is -0.955. The molecule has 4 aromatic carbocycles. The van der Waals surface area contributed by atoms with Gasteiger partial charge in [-0.1, -0.05) is 65.9 Å². The second-order valence-electron chi connectivity index (χ2n) is 10.00. The number of ketones is 1. The number of aliphatic hydroxyl groups excluding tert-OH is 1. The van der Waals surface area contributed by atoms with E-state index in [9.17, 15) is 14.7 Å². The normalized spacial score (nSPS) is 16.0. The van der Waals surface area contributed by atoms with Crippen molar-refractivity contribution in [3.05, 3.63) is 136 Å². The quantitative estimate of drug-likeness (QED) is 0.116. The van der Waals surface area contributed by atoms with Crippen molar-refractivity contribution in [3.8, 4) is 17.2 Å². The molecular formula is C34H27N3O5S. The number of rotatable bonds is 8. The van der Waals surface area contributed by atoms with Gasteiger partial charge in [0.1, 0.15) is 34.6 Å². The Balaban J connectivity index is 1.36. The first kappa shape index (κ1) is 27.9. The number of aromatic nitrogens is 2. The molecule has 2 heterocycles. The van der Waals surface area contributed by atoms with Crippen molar-refractivity contribution in [1.82, 2.24) is 10.2 Å². The molecule has 0 aliphatic carbocycles. The van der Waals surface area contributed by atoms with E-state index in [4.69, 9.17) is 9.47 Å². The van der Waals surface area contributed by atoms with Crippen LogP contribution in [0, 0.1) is 13.8 Å². The summed E-state index contributed by atoms with van der Waals surface area (Å²) in [6.45, 7) is 4.19. The molecule has 0 spiro atoms. The number of hydrogen-bond donors (Lipinski definition) is 1. The highest BCUT2D eigenvalue weighted by molar-refractivity contribution is 7.15. The number of anilines is 1. The predicted octanol–water partition coefficient (Wildman–Crippen LogP) is 7.15. The molecule has 43 heavy (non-hydrogen) atoms. The van der Waals surface area contributed by atoms with Crippen molar-refractivity contribution in [2.24, 2.45) is 0 Å². The summed E-state index contributed by atoms with van der Waals surface area (Å²) in [7, 11) is 0. The lowest BCUT2D eigenvalue weighted by molar-refractivity contribution is -0.132. The first-order valence-electron chi connectivity index (χ1n) is 13.6. The second-order valence-corrected chi connectivity index (χ2v) is 11.2. The van der Waals surface area contributed by atoms with Crippen LogP contribution in [0.25, 0.3) is 5.76 Å². The standard InChI is InChI=1S/C34H27N3O5S/c1-21-9-6-7-10-25(21)20-41-26-17-15-23(16-18-26)31(38)29-30(37(33(40)32(29)39)34-36-35-22(2)43-34)24-11-8-14-28(19-24)42-27-12-4-3-5-13-27/h3-19,30,38H,20H2,1-2H3.